The third-order valence-corrected chi connectivity index (χ3v) is 9.98. The van der Waals surface area contributed by atoms with Gasteiger partial charge < -0.3 is 41.5 Å². The Bertz CT molecular complexity index is 1390. The molecule has 0 saturated carbocycles. The number of aliphatic imine (C=N–C) groups is 2. The number of piperidine rings is 1. The van der Waals surface area contributed by atoms with Crippen molar-refractivity contribution in [2.45, 2.75) is 74.3 Å². The predicted octanol–water partition coefficient (Wildman–Crippen LogP) is -2.22. The second-order valence-electron chi connectivity index (χ2n) is 11.9. The van der Waals surface area contributed by atoms with Crippen LogP contribution < -0.4 is 27.4 Å². The third kappa shape index (κ3) is 6.20. The first-order valence-corrected chi connectivity index (χ1v) is 15.7. The number of nitrogens with zero attached hydrogens (tertiary/aromatic N) is 7. The molecule has 2 aromatic heterocycles. The van der Waals surface area contributed by atoms with Crippen molar-refractivity contribution >= 4 is 46.2 Å². The van der Waals surface area contributed by atoms with Gasteiger partial charge in [0.05, 0.1) is 24.0 Å². The van der Waals surface area contributed by atoms with Gasteiger partial charge in [0.1, 0.15) is 24.1 Å². The molecule has 17 heteroatoms. The summed E-state index contributed by atoms with van der Waals surface area (Å²) in [4.78, 5) is 36.1. The molecule has 6 heterocycles. The van der Waals surface area contributed by atoms with Gasteiger partial charge in [-0.05, 0) is 39.8 Å². The van der Waals surface area contributed by atoms with Crippen LogP contribution in [0, 0.1) is 0 Å². The number of hydrogen-bond donors (Lipinski definition) is 7. The van der Waals surface area contributed by atoms with Crippen molar-refractivity contribution in [2.75, 3.05) is 44.2 Å². The number of likely N-dealkylation sites (tertiary alicyclic amines) is 1. The minimum absolute atomic E-state index is 0.131. The fourth-order valence-electron chi connectivity index (χ4n) is 5.92. The summed E-state index contributed by atoms with van der Waals surface area (Å²) in [5.74, 6) is 0.981. The topological polar surface area (TPSA) is 226 Å². The van der Waals surface area contributed by atoms with Crippen LogP contribution in [-0.4, -0.2) is 132 Å². The molecule has 2 aromatic rings. The fraction of sp³-hybridized carbons (Fsp3) is 0.692. The van der Waals surface area contributed by atoms with Crippen molar-refractivity contribution in [3.8, 4) is 0 Å². The first-order chi connectivity index (χ1) is 20.6. The lowest BCUT2D eigenvalue weighted by atomic mass is 9.91. The number of aliphatic hydroxyl groups excluding tert-OH is 2. The molecular weight excluding hydrogens is 576 g/mol. The standard InChI is InChI=1S/C26H40N12O4S/c1-26(2)15(33-17-21(36-26)34-25(28)35-23(17)41)9-29-5-8-37-6-3-13(4-7-37)43-10-14-18(39)19(40)24(42-14)38-12-32-16-20(27)30-11-31-22(16)38/h11-15,18-19,24-25,29,39-40H,3-10,28H2,1-2H3,(H,34,36)(H,35,41)(H2,27,30,31)/t14-,15?,18-,19-,24-,25?/m1/s1. The average Bonchev–Trinajstić information content (AvgIpc) is 3.52. The van der Waals surface area contributed by atoms with Gasteiger partial charge >= 0.3 is 0 Å². The van der Waals surface area contributed by atoms with Gasteiger partial charge in [0, 0.05) is 30.6 Å². The summed E-state index contributed by atoms with van der Waals surface area (Å²) in [5, 5.41) is 31.3. The van der Waals surface area contributed by atoms with Crippen molar-refractivity contribution in [1.82, 2.24) is 40.4 Å². The average molecular weight is 617 g/mol. The van der Waals surface area contributed by atoms with Crippen LogP contribution in [0.2, 0.25) is 0 Å². The summed E-state index contributed by atoms with van der Waals surface area (Å²) in [6.45, 7) is 8.43. The molecule has 2 unspecified atom stereocenters. The monoisotopic (exact) mass is 616 g/mol. The zero-order valence-corrected chi connectivity index (χ0v) is 25.1. The maximum absolute atomic E-state index is 12.3. The maximum Gasteiger partial charge on any atom is 0.275 e. The smallest absolute Gasteiger partial charge is 0.275 e. The Labute approximate surface area is 253 Å². The molecule has 234 valence electrons. The number of nitrogens with two attached hydrogens (primary N) is 2. The number of aliphatic hydroxyl groups is 2. The lowest BCUT2D eigenvalue weighted by Gasteiger charge is -2.40. The molecule has 2 fully saturated rings. The predicted molar refractivity (Wildman–Crippen MR) is 162 cm³/mol. The first-order valence-electron chi connectivity index (χ1n) is 14.6. The molecule has 16 nitrogen and oxygen atoms in total. The molecule has 0 spiro atoms. The summed E-state index contributed by atoms with van der Waals surface area (Å²) < 4.78 is 7.70. The number of carbonyl (C=O) groups is 1. The number of carbonyl (C=O) groups excluding carboxylic acids is 1. The number of ether oxygens (including phenoxy) is 1. The number of anilines is 1. The third-order valence-electron chi connectivity index (χ3n) is 8.52. The lowest BCUT2D eigenvalue weighted by Crippen LogP contribution is -2.65. The summed E-state index contributed by atoms with van der Waals surface area (Å²) in [6, 6.07) is -0.131. The molecule has 43 heavy (non-hydrogen) atoms. The number of aromatic nitrogens is 4. The Morgan fingerprint density at radius 1 is 1.19 bits per heavy atom. The van der Waals surface area contributed by atoms with Gasteiger partial charge in [0.15, 0.2) is 35.5 Å². The van der Waals surface area contributed by atoms with Crippen LogP contribution in [0.5, 0.6) is 0 Å². The summed E-state index contributed by atoms with van der Waals surface area (Å²) in [6.07, 6.45) is 0.730. The van der Waals surface area contributed by atoms with E-state index in [4.69, 9.17) is 16.2 Å². The molecule has 2 saturated heterocycles. The molecule has 0 aliphatic carbocycles. The van der Waals surface area contributed by atoms with Crippen molar-refractivity contribution in [1.29, 1.82) is 0 Å². The summed E-state index contributed by atoms with van der Waals surface area (Å²) >= 11 is 1.78. The number of hydrogen-bond acceptors (Lipinski definition) is 15. The van der Waals surface area contributed by atoms with Crippen LogP contribution in [-0.2, 0) is 9.53 Å². The van der Waals surface area contributed by atoms with Crippen molar-refractivity contribution in [3.63, 3.8) is 0 Å². The number of rotatable bonds is 9. The van der Waals surface area contributed by atoms with E-state index in [1.165, 1.54) is 12.7 Å². The quantitative estimate of drug-likeness (QED) is 0.148. The highest BCUT2D eigenvalue weighted by molar-refractivity contribution is 7.99. The first kappa shape index (κ1) is 30.1. The van der Waals surface area contributed by atoms with Crippen LogP contribution in [0.15, 0.2) is 22.6 Å². The number of nitrogen functional groups attached to an aromatic ring is 1. The van der Waals surface area contributed by atoms with Gasteiger partial charge in [0.2, 0.25) is 0 Å². The molecule has 0 aromatic carbocycles. The molecule has 9 N–H and O–H groups in total. The Morgan fingerprint density at radius 3 is 2.77 bits per heavy atom. The lowest BCUT2D eigenvalue weighted by molar-refractivity contribution is -0.115. The molecule has 4 aliphatic heterocycles. The Morgan fingerprint density at radius 2 is 1.98 bits per heavy atom. The van der Waals surface area contributed by atoms with E-state index in [1.54, 1.807) is 16.3 Å². The van der Waals surface area contributed by atoms with Gasteiger partial charge in [-0.2, -0.15) is 11.8 Å². The van der Waals surface area contributed by atoms with E-state index in [0.29, 0.717) is 40.3 Å². The van der Waals surface area contributed by atoms with Gasteiger partial charge in [-0.25, -0.2) is 19.9 Å². The number of imidazole rings is 1. The molecular formula is C26H40N12O4S. The highest BCUT2D eigenvalue weighted by Crippen LogP contribution is 2.35. The highest BCUT2D eigenvalue weighted by Gasteiger charge is 2.44. The van der Waals surface area contributed by atoms with E-state index in [0.717, 1.165) is 39.0 Å². The second-order valence-corrected chi connectivity index (χ2v) is 13.3. The van der Waals surface area contributed by atoms with Gasteiger partial charge in [-0.3, -0.25) is 20.1 Å². The van der Waals surface area contributed by atoms with E-state index in [9.17, 15) is 15.0 Å². The molecule has 6 atom stereocenters. The fourth-order valence-corrected chi connectivity index (χ4v) is 7.20. The zero-order chi connectivity index (χ0) is 30.3. The number of thioether (sulfide) groups is 1. The van der Waals surface area contributed by atoms with E-state index in [1.807, 2.05) is 13.8 Å². The minimum Gasteiger partial charge on any atom is -0.387 e. The van der Waals surface area contributed by atoms with E-state index in [2.05, 4.69) is 45.8 Å². The number of fused-ring (bicyclic) bond motifs is 2. The number of amidine groups is 1. The normalized spacial score (nSPS) is 31.3. The van der Waals surface area contributed by atoms with Gasteiger partial charge in [-0.15, -0.1) is 0 Å². The minimum atomic E-state index is -1.11. The van der Waals surface area contributed by atoms with Crippen LogP contribution in [0.4, 0.5) is 5.82 Å². The Kier molecular flexibility index (Phi) is 8.56. The van der Waals surface area contributed by atoms with Crippen LogP contribution in [0.1, 0.15) is 32.9 Å². The SMILES string of the molecule is CC1(C)NC2=NC(N)NC(=O)C2=NC1CNCCN1CCC(SC[C@H]2O[C@@H](n3cnc4c(N)ncnc43)[C@H](O)[C@@H]2O)CC1. The molecule has 6 rings (SSSR count). The molecule has 1 amide bonds. The van der Waals surface area contributed by atoms with E-state index in [-0.39, 0.29) is 23.3 Å². The largest absolute Gasteiger partial charge is 0.387 e. The van der Waals surface area contributed by atoms with E-state index >= 15 is 0 Å². The van der Waals surface area contributed by atoms with Crippen LogP contribution in [0.25, 0.3) is 11.2 Å². The van der Waals surface area contributed by atoms with Gasteiger partial charge in [0.25, 0.3) is 5.91 Å². The van der Waals surface area contributed by atoms with E-state index < -0.39 is 30.8 Å². The van der Waals surface area contributed by atoms with Crippen molar-refractivity contribution < 1.29 is 19.7 Å². The second kappa shape index (κ2) is 12.2. The summed E-state index contributed by atoms with van der Waals surface area (Å²) in [5.41, 5.74) is 12.5. The summed E-state index contributed by atoms with van der Waals surface area (Å²) in [7, 11) is 0. The zero-order valence-electron chi connectivity index (χ0n) is 24.3. The van der Waals surface area contributed by atoms with Crippen molar-refractivity contribution in [2.24, 2.45) is 15.7 Å². The molecule has 0 bridgehead atoms. The van der Waals surface area contributed by atoms with Crippen LogP contribution in [0.3, 0.4) is 0 Å². The highest BCUT2D eigenvalue weighted by atomic mass is 32.2. The number of amides is 1. The van der Waals surface area contributed by atoms with Crippen LogP contribution >= 0.6 is 11.8 Å². The Hall–Kier alpha value is -2.93. The Balaban J connectivity index is 0.925. The van der Waals surface area contributed by atoms with Crippen molar-refractivity contribution in [3.05, 3.63) is 12.7 Å². The number of nitrogens with one attached hydrogen (secondary N) is 3. The molecule has 0 radical (unpaired) electrons. The van der Waals surface area contributed by atoms with Gasteiger partial charge in [-0.1, -0.05) is 0 Å². The molecule has 4 aliphatic rings. The maximum atomic E-state index is 12.3.